The molecular formula is C19H38IN3O2. The van der Waals surface area contributed by atoms with Crippen molar-refractivity contribution >= 4 is 29.9 Å². The van der Waals surface area contributed by atoms with Crippen molar-refractivity contribution < 1.29 is 9.47 Å². The number of halogens is 1. The average Bonchev–Trinajstić information content (AvgIpc) is 2.64. The summed E-state index contributed by atoms with van der Waals surface area (Å²) in [7, 11) is 1.84. The molecule has 148 valence electrons. The molecule has 1 aliphatic carbocycles. The van der Waals surface area contributed by atoms with Crippen LogP contribution in [0.3, 0.4) is 0 Å². The van der Waals surface area contributed by atoms with Gasteiger partial charge in [0.1, 0.15) is 0 Å². The van der Waals surface area contributed by atoms with Crippen LogP contribution in [0.15, 0.2) is 4.99 Å². The van der Waals surface area contributed by atoms with Crippen LogP contribution in [0, 0.1) is 11.8 Å². The topological polar surface area (TPSA) is 54.9 Å². The lowest BCUT2D eigenvalue weighted by atomic mass is 9.87. The van der Waals surface area contributed by atoms with Crippen molar-refractivity contribution in [2.24, 2.45) is 16.8 Å². The molecule has 0 amide bonds. The molecule has 25 heavy (non-hydrogen) atoms. The van der Waals surface area contributed by atoms with Gasteiger partial charge >= 0.3 is 0 Å². The Hall–Kier alpha value is -0.0800. The standard InChI is InChI=1S/C19H37N3O2.HI/c1-20-19(22-12-8-17-6-3-2-4-7-17)21-11-5-13-24-16-18-9-14-23-15-10-18;/h17-18H,2-16H2,1H3,(H2,20,21,22);1H. The number of rotatable bonds is 9. The van der Waals surface area contributed by atoms with Crippen LogP contribution in [-0.2, 0) is 9.47 Å². The van der Waals surface area contributed by atoms with Crippen molar-refractivity contribution in [3.8, 4) is 0 Å². The minimum atomic E-state index is 0. The monoisotopic (exact) mass is 467 g/mol. The van der Waals surface area contributed by atoms with Gasteiger partial charge in [0.2, 0.25) is 0 Å². The van der Waals surface area contributed by atoms with Gasteiger partial charge in [-0.2, -0.15) is 0 Å². The zero-order valence-corrected chi connectivity index (χ0v) is 18.3. The third-order valence-electron chi connectivity index (χ3n) is 5.25. The number of hydrogen-bond donors (Lipinski definition) is 2. The second-order valence-electron chi connectivity index (χ2n) is 7.20. The van der Waals surface area contributed by atoms with Crippen LogP contribution in [0.2, 0.25) is 0 Å². The van der Waals surface area contributed by atoms with Crippen LogP contribution in [0.4, 0.5) is 0 Å². The van der Waals surface area contributed by atoms with E-state index in [1.54, 1.807) is 0 Å². The Morgan fingerprint density at radius 1 is 1.00 bits per heavy atom. The molecule has 2 fully saturated rings. The van der Waals surface area contributed by atoms with Crippen LogP contribution in [-0.4, -0.2) is 52.5 Å². The average molecular weight is 467 g/mol. The van der Waals surface area contributed by atoms with E-state index in [9.17, 15) is 0 Å². The highest BCUT2D eigenvalue weighted by atomic mass is 127. The minimum Gasteiger partial charge on any atom is -0.381 e. The SMILES string of the molecule is CN=C(NCCCOCC1CCOCC1)NCCC1CCCCC1.I. The third kappa shape index (κ3) is 10.6. The molecule has 5 nitrogen and oxygen atoms in total. The summed E-state index contributed by atoms with van der Waals surface area (Å²) >= 11 is 0. The highest BCUT2D eigenvalue weighted by Crippen LogP contribution is 2.25. The lowest BCUT2D eigenvalue weighted by Crippen LogP contribution is -2.39. The first kappa shape index (κ1) is 23.0. The van der Waals surface area contributed by atoms with E-state index >= 15 is 0 Å². The first-order valence-electron chi connectivity index (χ1n) is 9.98. The van der Waals surface area contributed by atoms with Gasteiger partial charge in [0.05, 0.1) is 0 Å². The molecule has 2 aliphatic rings. The second-order valence-corrected chi connectivity index (χ2v) is 7.20. The van der Waals surface area contributed by atoms with Gasteiger partial charge in [0.15, 0.2) is 5.96 Å². The molecule has 0 bridgehead atoms. The Bertz CT molecular complexity index is 344. The maximum Gasteiger partial charge on any atom is 0.190 e. The lowest BCUT2D eigenvalue weighted by molar-refractivity contribution is 0.0203. The van der Waals surface area contributed by atoms with E-state index in [-0.39, 0.29) is 24.0 Å². The van der Waals surface area contributed by atoms with Gasteiger partial charge in [-0.15, -0.1) is 24.0 Å². The number of guanidine groups is 1. The normalized spacial score (nSPS) is 20.1. The highest BCUT2D eigenvalue weighted by molar-refractivity contribution is 14.0. The number of ether oxygens (including phenoxy) is 2. The molecule has 2 N–H and O–H groups in total. The zero-order valence-electron chi connectivity index (χ0n) is 15.9. The largest absolute Gasteiger partial charge is 0.381 e. The van der Waals surface area contributed by atoms with Crippen molar-refractivity contribution in [3.63, 3.8) is 0 Å². The molecule has 0 unspecified atom stereocenters. The lowest BCUT2D eigenvalue weighted by Gasteiger charge is -2.22. The quantitative estimate of drug-likeness (QED) is 0.236. The Morgan fingerprint density at radius 2 is 1.72 bits per heavy atom. The molecule has 1 aliphatic heterocycles. The molecule has 0 aromatic carbocycles. The molecule has 1 heterocycles. The smallest absolute Gasteiger partial charge is 0.190 e. The molecule has 6 heteroatoms. The number of nitrogens with zero attached hydrogens (tertiary/aromatic N) is 1. The van der Waals surface area contributed by atoms with Crippen molar-refractivity contribution in [3.05, 3.63) is 0 Å². The maximum atomic E-state index is 5.79. The van der Waals surface area contributed by atoms with Gasteiger partial charge in [-0.25, -0.2) is 0 Å². The van der Waals surface area contributed by atoms with E-state index in [0.29, 0.717) is 5.92 Å². The van der Waals surface area contributed by atoms with Gasteiger partial charge in [-0.1, -0.05) is 32.1 Å². The summed E-state index contributed by atoms with van der Waals surface area (Å²) in [6, 6.07) is 0. The van der Waals surface area contributed by atoms with E-state index in [4.69, 9.17) is 9.47 Å². The van der Waals surface area contributed by atoms with Crippen molar-refractivity contribution in [2.75, 3.05) is 46.6 Å². The summed E-state index contributed by atoms with van der Waals surface area (Å²) in [6.45, 7) is 5.46. The fourth-order valence-electron chi connectivity index (χ4n) is 3.64. The summed E-state index contributed by atoms with van der Waals surface area (Å²) in [5.74, 6) is 2.54. The first-order chi connectivity index (χ1) is 11.9. The van der Waals surface area contributed by atoms with E-state index in [1.807, 2.05) is 7.05 Å². The van der Waals surface area contributed by atoms with Crippen LogP contribution >= 0.6 is 24.0 Å². The van der Waals surface area contributed by atoms with Crippen molar-refractivity contribution in [1.82, 2.24) is 10.6 Å². The predicted molar refractivity (Wildman–Crippen MR) is 115 cm³/mol. The zero-order chi connectivity index (χ0) is 16.9. The summed E-state index contributed by atoms with van der Waals surface area (Å²) in [6.07, 6.45) is 11.7. The second kappa shape index (κ2) is 15.0. The molecule has 0 spiro atoms. The molecule has 0 aromatic rings. The third-order valence-corrected chi connectivity index (χ3v) is 5.25. The molecule has 2 rings (SSSR count). The Morgan fingerprint density at radius 3 is 2.44 bits per heavy atom. The van der Waals surface area contributed by atoms with Gasteiger partial charge in [0, 0.05) is 46.6 Å². The van der Waals surface area contributed by atoms with Gasteiger partial charge in [0.25, 0.3) is 0 Å². The Balaban J connectivity index is 0.00000312. The summed E-state index contributed by atoms with van der Waals surface area (Å²) in [5, 5.41) is 6.83. The highest BCUT2D eigenvalue weighted by Gasteiger charge is 2.14. The number of aliphatic imine (C=N–C) groups is 1. The Labute approximate surface area is 171 Å². The summed E-state index contributed by atoms with van der Waals surface area (Å²) in [5.41, 5.74) is 0. The van der Waals surface area contributed by atoms with E-state index < -0.39 is 0 Å². The molecule has 1 saturated heterocycles. The van der Waals surface area contributed by atoms with E-state index in [1.165, 1.54) is 38.5 Å². The predicted octanol–water partition coefficient (Wildman–Crippen LogP) is 3.57. The fraction of sp³-hybridized carbons (Fsp3) is 0.947. The summed E-state index contributed by atoms with van der Waals surface area (Å²) in [4.78, 5) is 4.30. The summed E-state index contributed by atoms with van der Waals surface area (Å²) < 4.78 is 11.2. The van der Waals surface area contributed by atoms with Crippen LogP contribution < -0.4 is 10.6 Å². The first-order valence-corrected chi connectivity index (χ1v) is 9.98. The molecular weight excluding hydrogens is 429 g/mol. The number of hydrogen-bond acceptors (Lipinski definition) is 3. The van der Waals surface area contributed by atoms with Crippen LogP contribution in [0.25, 0.3) is 0 Å². The fourth-order valence-corrected chi connectivity index (χ4v) is 3.64. The van der Waals surface area contributed by atoms with Gasteiger partial charge in [-0.05, 0) is 37.5 Å². The maximum absolute atomic E-state index is 5.79. The minimum absolute atomic E-state index is 0. The van der Waals surface area contributed by atoms with Gasteiger partial charge in [-0.3, -0.25) is 4.99 Å². The van der Waals surface area contributed by atoms with Gasteiger partial charge < -0.3 is 20.1 Å². The molecule has 0 aromatic heterocycles. The Kier molecular flexibility index (Phi) is 13.8. The molecule has 0 radical (unpaired) electrons. The van der Waals surface area contributed by atoms with Crippen LogP contribution in [0.5, 0.6) is 0 Å². The van der Waals surface area contributed by atoms with E-state index in [2.05, 4.69) is 15.6 Å². The molecule has 0 atom stereocenters. The van der Waals surface area contributed by atoms with Crippen molar-refractivity contribution in [2.45, 2.75) is 57.8 Å². The van der Waals surface area contributed by atoms with Crippen molar-refractivity contribution in [1.29, 1.82) is 0 Å². The number of nitrogens with one attached hydrogen (secondary N) is 2. The van der Waals surface area contributed by atoms with E-state index in [0.717, 1.165) is 70.7 Å². The van der Waals surface area contributed by atoms with Crippen LogP contribution in [0.1, 0.15) is 57.8 Å². The molecule has 1 saturated carbocycles.